The Morgan fingerprint density at radius 3 is 2.79 bits per heavy atom. The lowest BCUT2D eigenvalue weighted by molar-refractivity contribution is -0.139. The van der Waals surface area contributed by atoms with Crippen LogP contribution in [-0.4, -0.2) is 16.2 Å². The Morgan fingerprint density at radius 1 is 1.57 bits per heavy atom. The van der Waals surface area contributed by atoms with E-state index in [1.165, 1.54) is 6.07 Å². The molecule has 14 heavy (non-hydrogen) atoms. The highest BCUT2D eigenvalue weighted by atomic mass is 19.1. The minimum absolute atomic E-state index is 0.104. The van der Waals surface area contributed by atoms with E-state index in [1.54, 1.807) is 0 Å². The second kappa shape index (κ2) is 4.06. The van der Waals surface area contributed by atoms with Gasteiger partial charge < -0.3 is 15.9 Å². The summed E-state index contributed by atoms with van der Waals surface area (Å²) in [4.78, 5) is 10.3. The molecule has 0 amide bonds. The molecule has 0 radical (unpaired) electrons. The number of anilines is 1. The van der Waals surface area contributed by atoms with Crippen LogP contribution in [0.25, 0.3) is 0 Å². The normalized spacial score (nSPS) is 12.4. The van der Waals surface area contributed by atoms with Gasteiger partial charge in [-0.3, -0.25) is 4.79 Å². The second-order valence-electron chi connectivity index (χ2n) is 2.89. The Kier molecular flexibility index (Phi) is 3.03. The van der Waals surface area contributed by atoms with Gasteiger partial charge in [0, 0.05) is 11.3 Å². The van der Waals surface area contributed by atoms with Gasteiger partial charge in [0.05, 0.1) is 12.5 Å². The van der Waals surface area contributed by atoms with Gasteiger partial charge in [0.2, 0.25) is 0 Å². The van der Waals surface area contributed by atoms with Crippen LogP contribution in [-0.2, 0) is 4.79 Å². The van der Waals surface area contributed by atoms with Crippen molar-refractivity contribution in [3.63, 3.8) is 0 Å². The van der Waals surface area contributed by atoms with Crippen molar-refractivity contribution in [1.82, 2.24) is 0 Å². The van der Waals surface area contributed by atoms with Crippen LogP contribution in [0.2, 0.25) is 0 Å². The van der Waals surface area contributed by atoms with Crippen LogP contribution in [0.15, 0.2) is 18.2 Å². The summed E-state index contributed by atoms with van der Waals surface area (Å²) in [5.41, 5.74) is 5.73. The summed E-state index contributed by atoms with van der Waals surface area (Å²) in [6.07, 6.45) is -1.77. The van der Waals surface area contributed by atoms with E-state index < -0.39 is 24.3 Å². The lowest BCUT2D eigenvalue weighted by atomic mass is 10.0. The number of hydrogen-bond donors (Lipinski definition) is 3. The van der Waals surface area contributed by atoms with Gasteiger partial charge in [-0.1, -0.05) is 0 Å². The molecular formula is C9H10FNO3. The smallest absolute Gasteiger partial charge is 0.306 e. The average Bonchev–Trinajstić information content (AvgIpc) is 2.08. The molecule has 4 nitrogen and oxygen atoms in total. The van der Waals surface area contributed by atoms with E-state index in [2.05, 4.69) is 0 Å². The predicted octanol–water partition coefficient (Wildman–Crippen LogP) is 0.916. The quantitative estimate of drug-likeness (QED) is 0.632. The Balaban J connectivity index is 2.93. The molecule has 76 valence electrons. The van der Waals surface area contributed by atoms with Crippen LogP contribution < -0.4 is 5.73 Å². The fraction of sp³-hybridized carbons (Fsp3) is 0.222. The molecule has 0 aliphatic carbocycles. The first-order chi connectivity index (χ1) is 6.50. The van der Waals surface area contributed by atoms with Gasteiger partial charge in [-0.25, -0.2) is 4.39 Å². The maximum absolute atomic E-state index is 12.7. The molecule has 1 rings (SSSR count). The zero-order valence-corrected chi connectivity index (χ0v) is 7.27. The fourth-order valence-corrected chi connectivity index (χ4v) is 1.11. The van der Waals surface area contributed by atoms with Crippen molar-refractivity contribution in [3.05, 3.63) is 29.6 Å². The molecule has 1 atom stereocenters. The van der Waals surface area contributed by atoms with Crippen molar-refractivity contribution in [3.8, 4) is 0 Å². The Bertz CT molecular complexity index is 354. The molecule has 0 saturated carbocycles. The number of nitrogen functional groups attached to an aromatic ring is 1. The van der Waals surface area contributed by atoms with E-state index >= 15 is 0 Å². The van der Waals surface area contributed by atoms with Gasteiger partial charge in [-0.2, -0.15) is 0 Å². The molecule has 1 unspecified atom stereocenters. The number of halogens is 1. The molecule has 0 bridgehead atoms. The summed E-state index contributed by atoms with van der Waals surface area (Å²) >= 11 is 0. The number of nitrogens with two attached hydrogens (primary N) is 1. The van der Waals surface area contributed by atoms with Crippen LogP contribution in [0.5, 0.6) is 0 Å². The SMILES string of the molecule is Nc1ccc(F)cc1C(O)CC(=O)O. The number of aliphatic carboxylic acids is 1. The number of rotatable bonds is 3. The van der Waals surface area contributed by atoms with Gasteiger partial charge in [-0.15, -0.1) is 0 Å². The number of aliphatic hydroxyl groups excluding tert-OH is 1. The molecule has 5 heteroatoms. The van der Waals surface area contributed by atoms with Crippen molar-refractivity contribution >= 4 is 11.7 Å². The Hall–Kier alpha value is -1.62. The third-order valence-corrected chi connectivity index (χ3v) is 1.78. The van der Waals surface area contributed by atoms with Gasteiger partial charge in [0.15, 0.2) is 0 Å². The topological polar surface area (TPSA) is 83.5 Å². The van der Waals surface area contributed by atoms with Crippen LogP contribution in [0, 0.1) is 5.82 Å². The maximum atomic E-state index is 12.7. The molecular weight excluding hydrogens is 189 g/mol. The highest BCUT2D eigenvalue weighted by molar-refractivity contribution is 5.68. The minimum atomic E-state index is -1.27. The zero-order valence-electron chi connectivity index (χ0n) is 7.27. The van der Waals surface area contributed by atoms with E-state index in [0.717, 1.165) is 12.1 Å². The zero-order chi connectivity index (χ0) is 10.7. The monoisotopic (exact) mass is 199 g/mol. The minimum Gasteiger partial charge on any atom is -0.481 e. The summed E-state index contributed by atoms with van der Waals surface area (Å²) in [5, 5.41) is 17.8. The largest absolute Gasteiger partial charge is 0.481 e. The molecule has 0 spiro atoms. The van der Waals surface area contributed by atoms with Crippen molar-refractivity contribution < 1.29 is 19.4 Å². The molecule has 0 heterocycles. The fourth-order valence-electron chi connectivity index (χ4n) is 1.11. The van der Waals surface area contributed by atoms with E-state index in [9.17, 15) is 14.3 Å². The van der Waals surface area contributed by atoms with Crippen molar-refractivity contribution in [2.45, 2.75) is 12.5 Å². The summed E-state index contributed by atoms with van der Waals surface area (Å²) in [5.74, 6) is -1.72. The molecule has 0 saturated heterocycles. The van der Waals surface area contributed by atoms with Crippen molar-refractivity contribution in [1.29, 1.82) is 0 Å². The highest BCUT2D eigenvalue weighted by Crippen LogP contribution is 2.23. The summed E-state index contributed by atoms with van der Waals surface area (Å²) in [6.45, 7) is 0. The molecule has 0 aliphatic heterocycles. The Labute approximate surface area is 79.8 Å². The van der Waals surface area contributed by atoms with Crippen molar-refractivity contribution in [2.24, 2.45) is 0 Å². The summed E-state index contributed by atoms with van der Waals surface area (Å²) < 4.78 is 12.7. The number of carboxylic acids is 1. The van der Waals surface area contributed by atoms with Crippen LogP contribution in [0.4, 0.5) is 10.1 Å². The summed E-state index contributed by atoms with van der Waals surface area (Å²) in [6, 6.07) is 3.46. The molecule has 0 fully saturated rings. The van der Waals surface area contributed by atoms with Crippen LogP contribution >= 0.6 is 0 Å². The number of carbonyl (C=O) groups is 1. The maximum Gasteiger partial charge on any atom is 0.306 e. The lowest BCUT2D eigenvalue weighted by Crippen LogP contribution is -2.08. The van der Waals surface area contributed by atoms with E-state index in [4.69, 9.17) is 10.8 Å². The average molecular weight is 199 g/mol. The standard InChI is InChI=1S/C9H10FNO3/c10-5-1-2-7(11)6(3-5)8(12)4-9(13)14/h1-3,8,12H,4,11H2,(H,13,14). The van der Waals surface area contributed by atoms with E-state index in [-0.39, 0.29) is 11.3 Å². The number of hydrogen-bond acceptors (Lipinski definition) is 3. The molecule has 1 aromatic rings. The number of aliphatic hydroxyl groups is 1. The van der Waals surface area contributed by atoms with Crippen molar-refractivity contribution in [2.75, 3.05) is 5.73 Å². The first-order valence-corrected chi connectivity index (χ1v) is 3.95. The molecule has 1 aromatic carbocycles. The Morgan fingerprint density at radius 2 is 2.21 bits per heavy atom. The molecule has 4 N–H and O–H groups in total. The van der Waals surface area contributed by atoms with Gasteiger partial charge in [0.1, 0.15) is 5.82 Å². The van der Waals surface area contributed by atoms with Crippen LogP contribution in [0.1, 0.15) is 18.1 Å². The lowest BCUT2D eigenvalue weighted by Gasteiger charge is -2.10. The number of benzene rings is 1. The first-order valence-electron chi connectivity index (χ1n) is 3.95. The highest BCUT2D eigenvalue weighted by Gasteiger charge is 2.15. The van der Waals surface area contributed by atoms with E-state index in [0.29, 0.717) is 0 Å². The first kappa shape index (κ1) is 10.5. The molecule has 0 aliphatic rings. The second-order valence-corrected chi connectivity index (χ2v) is 2.89. The van der Waals surface area contributed by atoms with Crippen LogP contribution in [0.3, 0.4) is 0 Å². The third-order valence-electron chi connectivity index (χ3n) is 1.78. The predicted molar refractivity (Wildman–Crippen MR) is 48.0 cm³/mol. The van der Waals surface area contributed by atoms with E-state index in [1.807, 2.05) is 0 Å². The molecule has 0 aromatic heterocycles. The van der Waals surface area contributed by atoms with Gasteiger partial charge in [0.25, 0.3) is 0 Å². The summed E-state index contributed by atoms with van der Waals surface area (Å²) in [7, 11) is 0. The number of carboxylic acid groups (broad SMARTS) is 1. The third kappa shape index (κ3) is 2.43. The van der Waals surface area contributed by atoms with Gasteiger partial charge in [-0.05, 0) is 18.2 Å². The van der Waals surface area contributed by atoms with Gasteiger partial charge >= 0.3 is 5.97 Å².